The van der Waals surface area contributed by atoms with Crippen LogP contribution in [0.5, 0.6) is 5.75 Å². The molecule has 0 heterocycles. The molecule has 0 radical (unpaired) electrons. The van der Waals surface area contributed by atoms with Crippen LogP contribution in [0.3, 0.4) is 0 Å². The number of rotatable bonds is 1. The molecule has 0 atom stereocenters. The van der Waals surface area contributed by atoms with Crippen molar-refractivity contribution in [2.75, 3.05) is 0 Å². The number of para-hydroxylation sites is 2. The highest BCUT2D eigenvalue weighted by molar-refractivity contribution is 5.43. The van der Waals surface area contributed by atoms with E-state index >= 15 is 0 Å². The van der Waals surface area contributed by atoms with Crippen LogP contribution < -0.4 is 5.11 Å². The Morgan fingerprint density at radius 1 is 1.30 bits per heavy atom. The first-order valence-corrected chi connectivity index (χ1v) is 2.62. The molecular weight excluding hydrogens is 134 g/mol. The first-order chi connectivity index (χ1) is 4.72. The Morgan fingerprint density at radius 2 is 1.90 bits per heavy atom. The van der Waals surface area contributed by atoms with E-state index in [4.69, 9.17) is 0 Å². The number of nitrogens with zero attached hydrogens (tertiary/aromatic N) is 1. The molecule has 0 fully saturated rings. The number of hydrogen-bond donors (Lipinski definition) is 0. The van der Waals surface area contributed by atoms with Crippen LogP contribution in [-0.2, 0) is 0 Å². The van der Waals surface area contributed by atoms with E-state index in [2.05, 4.69) is 0 Å². The van der Waals surface area contributed by atoms with Gasteiger partial charge in [0.25, 0.3) is 5.69 Å². The molecule has 0 aromatic heterocycles. The van der Waals surface area contributed by atoms with Gasteiger partial charge in [-0.25, -0.2) is 0 Å². The van der Waals surface area contributed by atoms with Gasteiger partial charge in [0, 0.05) is 6.07 Å². The van der Waals surface area contributed by atoms with Gasteiger partial charge < -0.3 is 5.11 Å². The number of nitro groups is 1. The van der Waals surface area contributed by atoms with Crippen LogP contribution in [0.1, 0.15) is 0 Å². The third kappa shape index (κ3) is 1.05. The molecule has 4 heteroatoms. The van der Waals surface area contributed by atoms with Crippen LogP contribution in [-0.4, -0.2) is 4.92 Å². The van der Waals surface area contributed by atoms with Crippen molar-refractivity contribution in [3.63, 3.8) is 0 Å². The fourth-order valence-corrected chi connectivity index (χ4v) is 0.608. The number of hydrogen-bond acceptors (Lipinski definition) is 3. The Balaban J connectivity index is 3.15. The zero-order chi connectivity index (χ0) is 7.56. The molecule has 0 saturated carbocycles. The molecule has 1 aromatic carbocycles. The molecular formula is C6H4NO3-. The lowest BCUT2D eigenvalue weighted by atomic mass is 10.3. The molecule has 1 aromatic rings. The monoisotopic (exact) mass is 138 g/mol. The minimum absolute atomic E-state index is 0.373. The Morgan fingerprint density at radius 3 is 2.30 bits per heavy atom. The van der Waals surface area contributed by atoms with E-state index in [1.807, 2.05) is 0 Å². The zero-order valence-corrected chi connectivity index (χ0v) is 4.98. The van der Waals surface area contributed by atoms with E-state index in [9.17, 15) is 15.2 Å². The molecule has 0 bridgehead atoms. The quantitative estimate of drug-likeness (QED) is 0.423. The van der Waals surface area contributed by atoms with E-state index in [1.54, 1.807) is 0 Å². The maximum atomic E-state index is 10.6. The Hall–Kier alpha value is -1.58. The average molecular weight is 138 g/mol. The van der Waals surface area contributed by atoms with Crippen molar-refractivity contribution in [1.29, 1.82) is 0 Å². The summed E-state index contributed by atoms with van der Waals surface area (Å²) in [5, 5.41) is 20.6. The third-order valence-electron chi connectivity index (χ3n) is 1.06. The summed E-state index contributed by atoms with van der Waals surface area (Å²) in [6, 6.07) is 5.27. The normalized spacial score (nSPS) is 9.20. The van der Waals surface area contributed by atoms with Gasteiger partial charge in [0.15, 0.2) is 0 Å². The summed E-state index contributed by atoms with van der Waals surface area (Å²) in [4.78, 5) is 9.34. The van der Waals surface area contributed by atoms with Crippen LogP contribution in [0.15, 0.2) is 24.3 Å². The summed E-state index contributed by atoms with van der Waals surface area (Å²) >= 11 is 0. The Kier molecular flexibility index (Phi) is 1.53. The lowest BCUT2D eigenvalue weighted by Gasteiger charge is -2.02. The molecule has 52 valence electrons. The molecule has 0 N–H and O–H groups in total. The highest BCUT2D eigenvalue weighted by atomic mass is 16.6. The maximum Gasteiger partial charge on any atom is 0.261 e. The third-order valence-corrected chi connectivity index (χ3v) is 1.06. The fraction of sp³-hybridized carbons (Fsp3) is 0. The lowest BCUT2D eigenvalue weighted by Crippen LogP contribution is -1.96. The van der Waals surface area contributed by atoms with Gasteiger partial charge in [-0.3, -0.25) is 10.1 Å². The molecule has 0 spiro atoms. The van der Waals surface area contributed by atoms with E-state index in [0.717, 1.165) is 6.07 Å². The summed E-state index contributed by atoms with van der Waals surface area (Å²) in [6.45, 7) is 0. The van der Waals surface area contributed by atoms with Crippen molar-refractivity contribution in [3.8, 4) is 5.75 Å². The van der Waals surface area contributed by atoms with Gasteiger partial charge in [0.2, 0.25) is 0 Å². The van der Waals surface area contributed by atoms with Crippen molar-refractivity contribution >= 4 is 5.69 Å². The SMILES string of the molecule is O=[N+]([O-])c1ccccc1[O-]. The van der Waals surface area contributed by atoms with Crippen LogP contribution in [0.4, 0.5) is 5.69 Å². The molecule has 0 aliphatic rings. The average Bonchev–Trinajstić information content (AvgIpc) is 1.88. The predicted molar refractivity (Wildman–Crippen MR) is 32.5 cm³/mol. The van der Waals surface area contributed by atoms with Gasteiger partial charge in [0.1, 0.15) is 0 Å². The van der Waals surface area contributed by atoms with E-state index in [1.165, 1.54) is 18.2 Å². The van der Waals surface area contributed by atoms with E-state index < -0.39 is 10.7 Å². The zero-order valence-electron chi connectivity index (χ0n) is 4.98. The summed E-state index contributed by atoms with van der Waals surface area (Å²) in [5.74, 6) is -0.549. The standard InChI is InChI=1S/C6H5NO3/c8-6-4-2-1-3-5(6)7(9)10/h1-4,8H/p-1. The molecule has 0 unspecified atom stereocenters. The molecule has 0 aliphatic carbocycles. The highest BCUT2D eigenvalue weighted by Gasteiger charge is 2.02. The van der Waals surface area contributed by atoms with Crippen molar-refractivity contribution in [1.82, 2.24) is 0 Å². The molecule has 0 aliphatic heterocycles. The van der Waals surface area contributed by atoms with Gasteiger partial charge in [-0.15, -0.1) is 0 Å². The second-order valence-electron chi connectivity index (χ2n) is 1.72. The maximum absolute atomic E-state index is 10.6. The summed E-state index contributed by atoms with van der Waals surface area (Å²) < 4.78 is 0. The van der Waals surface area contributed by atoms with Crippen LogP contribution >= 0.6 is 0 Å². The number of benzene rings is 1. The highest BCUT2D eigenvalue weighted by Crippen LogP contribution is 2.20. The van der Waals surface area contributed by atoms with Crippen LogP contribution in [0.25, 0.3) is 0 Å². The summed E-state index contributed by atoms with van der Waals surface area (Å²) in [6.07, 6.45) is 0. The van der Waals surface area contributed by atoms with Gasteiger partial charge in [-0.2, -0.15) is 0 Å². The van der Waals surface area contributed by atoms with Crippen molar-refractivity contribution < 1.29 is 10.0 Å². The smallest absolute Gasteiger partial charge is 0.261 e. The van der Waals surface area contributed by atoms with Crippen LogP contribution in [0.2, 0.25) is 0 Å². The van der Waals surface area contributed by atoms with Gasteiger partial charge in [0.05, 0.1) is 4.92 Å². The van der Waals surface area contributed by atoms with Crippen LogP contribution in [0, 0.1) is 10.1 Å². The molecule has 0 saturated heterocycles. The number of nitro benzene ring substituents is 1. The minimum Gasteiger partial charge on any atom is -0.868 e. The van der Waals surface area contributed by atoms with Gasteiger partial charge in [-0.05, 0) is 5.75 Å². The minimum atomic E-state index is -0.692. The topological polar surface area (TPSA) is 66.2 Å². The molecule has 4 nitrogen and oxygen atoms in total. The van der Waals surface area contributed by atoms with Crippen molar-refractivity contribution in [3.05, 3.63) is 34.4 Å². The van der Waals surface area contributed by atoms with Gasteiger partial charge in [-0.1, -0.05) is 18.2 Å². The van der Waals surface area contributed by atoms with E-state index in [0.29, 0.717) is 0 Å². The summed E-state index contributed by atoms with van der Waals surface area (Å²) in [7, 11) is 0. The Bertz CT molecular complexity index is 259. The fourth-order valence-electron chi connectivity index (χ4n) is 0.608. The second kappa shape index (κ2) is 2.34. The molecule has 10 heavy (non-hydrogen) atoms. The first kappa shape index (κ1) is 6.54. The van der Waals surface area contributed by atoms with Crippen molar-refractivity contribution in [2.45, 2.75) is 0 Å². The largest absolute Gasteiger partial charge is 0.868 e. The predicted octanol–water partition coefficient (Wildman–Crippen LogP) is 0.668. The first-order valence-electron chi connectivity index (χ1n) is 2.62. The molecule has 1 rings (SSSR count). The molecule has 0 amide bonds. The van der Waals surface area contributed by atoms with Gasteiger partial charge >= 0.3 is 0 Å². The Labute approximate surface area is 56.9 Å². The van der Waals surface area contributed by atoms with E-state index in [-0.39, 0.29) is 5.69 Å². The van der Waals surface area contributed by atoms with Crippen molar-refractivity contribution in [2.24, 2.45) is 0 Å². The summed E-state index contributed by atoms with van der Waals surface area (Å²) in [5.41, 5.74) is -0.373. The lowest BCUT2D eigenvalue weighted by molar-refractivity contribution is -0.398. The second-order valence-corrected chi connectivity index (χ2v) is 1.72.